The predicted molar refractivity (Wildman–Crippen MR) is 66.5 cm³/mol. The number of aromatic nitrogens is 1. The molecule has 4 heteroatoms. The Bertz CT molecular complexity index is 300. The summed E-state index contributed by atoms with van der Waals surface area (Å²) in [6.45, 7) is 1.10. The summed E-state index contributed by atoms with van der Waals surface area (Å²) in [6.07, 6.45) is 4.00. The van der Waals surface area contributed by atoms with Crippen LogP contribution in [-0.4, -0.2) is 30.5 Å². The molecule has 0 atom stereocenters. The van der Waals surface area contributed by atoms with Crippen LogP contribution >= 0.6 is 31.9 Å². The summed E-state index contributed by atoms with van der Waals surface area (Å²) in [5.74, 6) is 0. The number of nitrogens with zero attached hydrogens (tertiary/aromatic N) is 2. The Hall–Kier alpha value is 0.0700. The Labute approximate surface area is 102 Å². The Kier molecular flexibility index (Phi) is 5.06. The SMILES string of the molecule is CN(C)CCCc1ncc(Br)cc1Br. The molecule has 78 valence electrons. The fraction of sp³-hybridized carbons (Fsp3) is 0.500. The van der Waals surface area contributed by atoms with Gasteiger partial charge in [-0.2, -0.15) is 0 Å². The zero-order chi connectivity index (χ0) is 10.6. The quantitative estimate of drug-likeness (QED) is 0.847. The van der Waals surface area contributed by atoms with Crippen LogP contribution in [-0.2, 0) is 6.42 Å². The maximum atomic E-state index is 4.36. The number of pyridine rings is 1. The number of halogens is 2. The lowest BCUT2D eigenvalue weighted by atomic mass is 10.2. The lowest BCUT2D eigenvalue weighted by Gasteiger charge is -2.09. The van der Waals surface area contributed by atoms with Crippen LogP contribution in [0.25, 0.3) is 0 Å². The third-order valence-electron chi connectivity index (χ3n) is 1.90. The molecule has 1 rings (SSSR count). The van der Waals surface area contributed by atoms with Gasteiger partial charge >= 0.3 is 0 Å². The van der Waals surface area contributed by atoms with Crippen molar-refractivity contribution in [3.8, 4) is 0 Å². The van der Waals surface area contributed by atoms with Crippen molar-refractivity contribution in [2.75, 3.05) is 20.6 Å². The van der Waals surface area contributed by atoms with Crippen LogP contribution in [0.4, 0.5) is 0 Å². The minimum Gasteiger partial charge on any atom is -0.309 e. The van der Waals surface area contributed by atoms with Gasteiger partial charge in [-0.05, 0) is 71.4 Å². The highest BCUT2D eigenvalue weighted by molar-refractivity contribution is 9.11. The molecule has 0 bridgehead atoms. The average Bonchev–Trinajstić information content (AvgIpc) is 2.08. The van der Waals surface area contributed by atoms with Crippen LogP contribution < -0.4 is 0 Å². The van der Waals surface area contributed by atoms with Crippen molar-refractivity contribution in [1.29, 1.82) is 0 Å². The summed E-state index contributed by atoms with van der Waals surface area (Å²) in [5, 5.41) is 0. The van der Waals surface area contributed by atoms with Crippen molar-refractivity contribution in [3.63, 3.8) is 0 Å². The molecule has 0 saturated carbocycles. The van der Waals surface area contributed by atoms with Crippen molar-refractivity contribution in [2.24, 2.45) is 0 Å². The normalized spacial score (nSPS) is 10.9. The van der Waals surface area contributed by atoms with Gasteiger partial charge in [-0.25, -0.2) is 0 Å². The van der Waals surface area contributed by atoms with Gasteiger partial charge in [-0.15, -0.1) is 0 Å². The van der Waals surface area contributed by atoms with Crippen molar-refractivity contribution < 1.29 is 0 Å². The molecule has 0 N–H and O–H groups in total. The second kappa shape index (κ2) is 5.83. The summed E-state index contributed by atoms with van der Waals surface area (Å²) in [5.41, 5.74) is 1.13. The lowest BCUT2D eigenvalue weighted by molar-refractivity contribution is 0.399. The van der Waals surface area contributed by atoms with Crippen LogP contribution in [0.3, 0.4) is 0 Å². The summed E-state index contributed by atoms with van der Waals surface area (Å²) in [7, 11) is 4.17. The third-order valence-corrected chi connectivity index (χ3v) is 3.02. The van der Waals surface area contributed by atoms with Crippen LogP contribution in [0, 0.1) is 0 Å². The molecular weight excluding hydrogens is 308 g/mol. The van der Waals surface area contributed by atoms with E-state index >= 15 is 0 Å². The Balaban J connectivity index is 2.51. The first-order chi connectivity index (χ1) is 6.59. The molecule has 1 heterocycles. The second-order valence-electron chi connectivity index (χ2n) is 3.49. The van der Waals surface area contributed by atoms with E-state index in [1.54, 1.807) is 0 Å². The van der Waals surface area contributed by atoms with E-state index < -0.39 is 0 Å². The maximum Gasteiger partial charge on any atom is 0.0546 e. The van der Waals surface area contributed by atoms with Gasteiger partial charge in [-0.1, -0.05) is 0 Å². The molecule has 0 amide bonds. The lowest BCUT2D eigenvalue weighted by Crippen LogP contribution is -2.13. The molecule has 0 aromatic carbocycles. The molecule has 0 radical (unpaired) electrons. The van der Waals surface area contributed by atoms with Gasteiger partial charge in [0.2, 0.25) is 0 Å². The number of rotatable bonds is 4. The van der Waals surface area contributed by atoms with Gasteiger partial charge in [-0.3, -0.25) is 4.98 Å². The average molecular weight is 322 g/mol. The molecule has 14 heavy (non-hydrogen) atoms. The van der Waals surface area contributed by atoms with Crippen LogP contribution in [0.1, 0.15) is 12.1 Å². The van der Waals surface area contributed by atoms with E-state index in [0.29, 0.717) is 0 Å². The topological polar surface area (TPSA) is 16.1 Å². The first kappa shape index (κ1) is 12.1. The summed E-state index contributed by atoms with van der Waals surface area (Å²) in [6, 6.07) is 2.04. The Morgan fingerprint density at radius 2 is 2.07 bits per heavy atom. The molecule has 1 aromatic heterocycles. The molecule has 1 aromatic rings. The Morgan fingerprint density at radius 1 is 1.36 bits per heavy atom. The summed E-state index contributed by atoms with van der Waals surface area (Å²) >= 11 is 6.90. The minimum atomic E-state index is 1.01. The smallest absolute Gasteiger partial charge is 0.0546 e. The van der Waals surface area contributed by atoms with Crippen molar-refractivity contribution in [1.82, 2.24) is 9.88 Å². The van der Waals surface area contributed by atoms with Gasteiger partial charge in [0.1, 0.15) is 0 Å². The van der Waals surface area contributed by atoms with Crippen molar-refractivity contribution in [3.05, 3.63) is 26.9 Å². The second-order valence-corrected chi connectivity index (χ2v) is 5.26. The molecule has 0 unspecified atom stereocenters. The highest BCUT2D eigenvalue weighted by Gasteiger charge is 2.02. The van der Waals surface area contributed by atoms with E-state index in [2.05, 4.69) is 55.8 Å². The monoisotopic (exact) mass is 320 g/mol. The number of hydrogen-bond acceptors (Lipinski definition) is 2. The fourth-order valence-electron chi connectivity index (χ4n) is 1.19. The number of aryl methyl sites for hydroxylation is 1. The van der Waals surface area contributed by atoms with Crippen molar-refractivity contribution in [2.45, 2.75) is 12.8 Å². The van der Waals surface area contributed by atoms with Gasteiger partial charge in [0.25, 0.3) is 0 Å². The summed E-state index contributed by atoms with van der Waals surface area (Å²) < 4.78 is 2.10. The largest absolute Gasteiger partial charge is 0.309 e. The third kappa shape index (κ3) is 4.07. The first-order valence-corrected chi connectivity index (χ1v) is 6.13. The molecule has 0 saturated heterocycles. The molecular formula is C10H14Br2N2. The van der Waals surface area contributed by atoms with Crippen LogP contribution in [0.5, 0.6) is 0 Å². The van der Waals surface area contributed by atoms with E-state index in [1.807, 2.05) is 12.3 Å². The first-order valence-electron chi connectivity index (χ1n) is 4.54. The highest BCUT2D eigenvalue weighted by atomic mass is 79.9. The predicted octanol–water partition coefficient (Wildman–Crippen LogP) is 3.10. The summed E-state index contributed by atoms with van der Waals surface area (Å²) in [4.78, 5) is 6.55. The molecule has 0 aliphatic heterocycles. The van der Waals surface area contributed by atoms with E-state index in [1.165, 1.54) is 0 Å². The minimum absolute atomic E-state index is 1.01. The zero-order valence-corrected chi connectivity index (χ0v) is 11.6. The van der Waals surface area contributed by atoms with E-state index in [-0.39, 0.29) is 0 Å². The van der Waals surface area contributed by atoms with E-state index in [0.717, 1.165) is 34.0 Å². The van der Waals surface area contributed by atoms with Crippen LogP contribution in [0.15, 0.2) is 21.2 Å². The molecule has 0 aliphatic carbocycles. The van der Waals surface area contributed by atoms with Gasteiger partial charge in [0.05, 0.1) is 5.69 Å². The van der Waals surface area contributed by atoms with Crippen molar-refractivity contribution >= 4 is 31.9 Å². The van der Waals surface area contributed by atoms with Gasteiger partial charge in [0.15, 0.2) is 0 Å². The molecule has 0 fully saturated rings. The molecule has 0 aliphatic rings. The van der Waals surface area contributed by atoms with E-state index in [9.17, 15) is 0 Å². The van der Waals surface area contributed by atoms with E-state index in [4.69, 9.17) is 0 Å². The fourth-order valence-corrected chi connectivity index (χ4v) is 2.38. The molecule has 0 spiro atoms. The molecule has 2 nitrogen and oxygen atoms in total. The van der Waals surface area contributed by atoms with Gasteiger partial charge < -0.3 is 4.90 Å². The van der Waals surface area contributed by atoms with Crippen LogP contribution in [0.2, 0.25) is 0 Å². The standard InChI is InChI=1S/C10H14Br2N2/c1-14(2)5-3-4-10-9(12)6-8(11)7-13-10/h6-7H,3-5H2,1-2H3. The van der Waals surface area contributed by atoms with Gasteiger partial charge in [0, 0.05) is 15.1 Å². The highest BCUT2D eigenvalue weighted by Crippen LogP contribution is 2.20. The maximum absolute atomic E-state index is 4.36. The number of hydrogen-bond donors (Lipinski definition) is 0. The Morgan fingerprint density at radius 3 is 2.64 bits per heavy atom. The zero-order valence-electron chi connectivity index (χ0n) is 8.43.